The Balaban J connectivity index is 5.16. The number of alkyl halides is 1. The molecule has 0 aliphatic heterocycles. The summed E-state index contributed by atoms with van der Waals surface area (Å²) >= 11 is 6.15. The molecule has 4 nitrogen and oxygen atoms in total. The van der Waals surface area contributed by atoms with Crippen molar-refractivity contribution in [2.45, 2.75) is 90.0 Å². The van der Waals surface area contributed by atoms with Crippen LogP contribution in [0.4, 0.5) is 0 Å². The van der Waals surface area contributed by atoms with Gasteiger partial charge in [-0.15, -0.1) is 11.6 Å². The highest BCUT2D eigenvalue weighted by atomic mass is 35.5. The van der Waals surface area contributed by atoms with Crippen molar-refractivity contribution < 1.29 is 18.4 Å². The minimum Gasteiger partial charge on any atom is -0.459 e. The van der Waals surface area contributed by atoms with Crippen LogP contribution in [0.3, 0.4) is 0 Å². The maximum absolute atomic E-state index is 11.0. The second-order valence-corrected chi connectivity index (χ2v) is 19.3. The lowest BCUT2D eigenvalue weighted by molar-refractivity contribution is -0.140. The van der Waals surface area contributed by atoms with Crippen molar-refractivity contribution in [3.8, 4) is 0 Å². The molecule has 0 radical (unpaired) electrons. The largest absolute Gasteiger partial charge is 0.459 e. The number of hydrogen-bond acceptors (Lipinski definition) is 4. The normalized spacial score (nSPS) is 16.6. The lowest BCUT2D eigenvalue weighted by Gasteiger charge is -2.41. The highest BCUT2D eigenvalue weighted by Gasteiger charge is 2.42. The van der Waals surface area contributed by atoms with Gasteiger partial charge >= 0.3 is 0 Å². The number of ether oxygens (including phenoxy) is 1. The first-order valence-electron chi connectivity index (χ1n) is 8.56. The van der Waals surface area contributed by atoms with Gasteiger partial charge in [0.2, 0.25) is 0 Å². The molecule has 0 aromatic carbocycles. The van der Waals surface area contributed by atoms with E-state index in [9.17, 15) is 4.79 Å². The molecule has 0 saturated heterocycles. The van der Waals surface area contributed by atoms with Crippen LogP contribution in [0.5, 0.6) is 0 Å². The van der Waals surface area contributed by atoms with Crippen molar-refractivity contribution in [2.24, 2.45) is 0 Å². The first-order chi connectivity index (χ1) is 10.6. The van der Waals surface area contributed by atoms with E-state index in [0.717, 1.165) is 0 Å². The summed E-state index contributed by atoms with van der Waals surface area (Å²) in [6.45, 7) is 22.5. The molecule has 0 aliphatic rings. The topological polar surface area (TPSA) is 44.8 Å². The fourth-order valence-corrected chi connectivity index (χ4v) is 4.30. The number of carbonyl (C=O) groups excluding carboxylic acids is 1. The van der Waals surface area contributed by atoms with Gasteiger partial charge in [0.25, 0.3) is 6.47 Å². The van der Waals surface area contributed by atoms with Gasteiger partial charge in [0.05, 0.1) is 18.6 Å². The van der Waals surface area contributed by atoms with Crippen LogP contribution in [-0.4, -0.2) is 47.8 Å². The summed E-state index contributed by atoms with van der Waals surface area (Å²) < 4.78 is 17.9. The van der Waals surface area contributed by atoms with E-state index in [4.69, 9.17) is 25.2 Å². The van der Waals surface area contributed by atoms with E-state index in [1.54, 1.807) is 0 Å². The molecule has 0 aromatic rings. The van der Waals surface area contributed by atoms with Crippen molar-refractivity contribution in [3.05, 3.63) is 0 Å². The van der Waals surface area contributed by atoms with Crippen LogP contribution in [0.25, 0.3) is 0 Å². The Labute approximate surface area is 155 Å². The van der Waals surface area contributed by atoms with E-state index in [1.165, 1.54) is 0 Å². The predicted octanol–water partition coefficient (Wildman–Crippen LogP) is 5.18. The minimum absolute atomic E-state index is 0.0589. The predicted molar refractivity (Wildman–Crippen MR) is 107 cm³/mol. The quantitative estimate of drug-likeness (QED) is 0.306. The molecule has 2 atom stereocenters. The summed E-state index contributed by atoms with van der Waals surface area (Å²) in [5.41, 5.74) is 0. The van der Waals surface area contributed by atoms with Crippen LogP contribution < -0.4 is 0 Å². The second kappa shape index (κ2) is 8.67. The van der Waals surface area contributed by atoms with Gasteiger partial charge in [-0.05, 0) is 36.3 Å². The van der Waals surface area contributed by atoms with E-state index in [0.29, 0.717) is 13.1 Å². The average Bonchev–Trinajstić information content (AvgIpc) is 2.38. The fourth-order valence-electron chi connectivity index (χ4n) is 1.57. The Kier molecular flexibility index (Phi) is 8.71. The Bertz CT molecular complexity index is 400. The van der Waals surface area contributed by atoms with Crippen LogP contribution in [-0.2, 0) is 18.4 Å². The van der Waals surface area contributed by atoms with Crippen molar-refractivity contribution in [1.82, 2.24) is 0 Å². The van der Waals surface area contributed by atoms with Gasteiger partial charge in [-0.1, -0.05) is 41.5 Å². The molecule has 24 heavy (non-hydrogen) atoms. The van der Waals surface area contributed by atoms with E-state index >= 15 is 0 Å². The monoisotopic (exact) mass is 396 g/mol. The smallest absolute Gasteiger partial charge is 0.293 e. The van der Waals surface area contributed by atoms with Gasteiger partial charge in [-0.25, -0.2) is 0 Å². The second-order valence-electron chi connectivity index (χ2n) is 9.41. The third-order valence-electron chi connectivity index (χ3n) is 5.46. The first kappa shape index (κ1) is 24.1. The Hall–Kier alpha value is 0.114. The molecular weight excluding hydrogens is 360 g/mol. The van der Waals surface area contributed by atoms with Crippen molar-refractivity contribution in [1.29, 1.82) is 0 Å². The first-order valence-corrected chi connectivity index (χ1v) is 14.9. The third kappa shape index (κ3) is 6.79. The SMILES string of the molecule is CC(C)(C)[Si](C)(C)OC[C@@H](OC=O)C(CCl)O[Si](C)(C)C(C)(C)C. The zero-order chi connectivity index (χ0) is 19.4. The maximum Gasteiger partial charge on any atom is 0.293 e. The molecular formula is C17H37ClO4Si2. The van der Waals surface area contributed by atoms with Crippen molar-refractivity contribution >= 4 is 34.7 Å². The van der Waals surface area contributed by atoms with E-state index in [2.05, 4.69) is 67.7 Å². The standard InChI is InChI=1S/C17H37ClO4Si2/c1-16(2,3)23(7,8)21-12-15(20-13-19)14(11-18)22-24(9,10)17(4,5)6/h13-15H,11-12H2,1-10H3/t14?,15-/m1/s1. The van der Waals surface area contributed by atoms with E-state index in [-0.39, 0.29) is 22.1 Å². The van der Waals surface area contributed by atoms with Crippen molar-refractivity contribution in [2.75, 3.05) is 12.5 Å². The van der Waals surface area contributed by atoms with Crippen LogP contribution in [0, 0.1) is 0 Å². The molecule has 0 fully saturated rings. The zero-order valence-electron chi connectivity index (χ0n) is 17.2. The summed E-state index contributed by atoms with van der Waals surface area (Å²) in [5.74, 6) is 0.270. The van der Waals surface area contributed by atoms with Gasteiger partial charge in [-0.2, -0.15) is 0 Å². The summed E-state index contributed by atoms with van der Waals surface area (Å²) in [6.07, 6.45) is -0.842. The molecule has 0 aromatic heterocycles. The molecule has 7 heteroatoms. The average molecular weight is 397 g/mol. The van der Waals surface area contributed by atoms with Crippen LogP contribution in [0.15, 0.2) is 0 Å². The van der Waals surface area contributed by atoms with Crippen LogP contribution >= 0.6 is 11.6 Å². The third-order valence-corrected chi connectivity index (χ3v) is 14.8. The molecule has 0 rings (SSSR count). The van der Waals surface area contributed by atoms with E-state index in [1.807, 2.05) is 0 Å². The van der Waals surface area contributed by atoms with Crippen molar-refractivity contribution in [3.63, 3.8) is 0 Å². The highest BCUT2D eigenvalue weighted by molar-refractivity contribution is 6.74. The minimum atomic E-state index is -2.02. The molecule has 1 unspecified atom stereocenters. The Morgan fingerprint density at radius 1 is 0.917 bits per heavy atom. The maximum atomic E-state index is 11.0. The summed E-state index contributed by atoms with van der Waals surface area (Å²) in [7, 11) is -3.95. The summed E-state index contributed by atoms with van der Waals surface area (Å²) in [4.78, 5) is 11.0. The molecule has 0 heterocycles. The van der Waals surface area contributed by atoms with Gasteiger partial charge in [0, 0.05) is 0 Å². The molecule has 0 spiro atoms. The van der Waals surface area contributed by atoms with E-state index < -0.39 is 22.7 Å². The highest BCUT2D eigenvalue weighted by Crippen LogP contribution is 2.39. The zero-order valence-corrected chi connectivity index (χ0v) is 19.9. The molecule has 0 aliphatic carbocycles. The lowest BCUT2D eigenvalue weighted by Crippen LogP contribution is -2.51. The molecule has 0 bridgehead atoms. The molecule has 0 amide bonds. The number of rotatable bonds is 9. The summed E-state index contributed by atoms with van der Waals surface area (Å²) in [5, 5.41) is 0.152. The number of hydrogen-bond donors (Lipinski definition) is 0. The Morgan fingerprint density at radius 3 is 1.71 bits per heavy atom. The Morgan fingerprint density at radius 2 is 1.38 bits per heavy atom. The van der Waals surface area contributed by atoms with Gasteiger partial charge < -0.3 is 13.6 Å². The molecule has 0 saturated carbocycles. The fraction of sp³-hybridized carbons (Fsp3) is 0.941. The van der Waals surface area contributed by atoms with Gasteiger partial charge in [0.15, 0.2) is 16.6 Å². The molecule has 0 N–H and O–H groups in total. The van der Waals surface area contributed by atoms with Crippen LogP contribution in [0.2, 0.25) is 36.3 Å². The van der Waals surface area contributed by atoms with Gasteiger partial charge in [-0.3, -0.25) is 4.79 Å². The summed E-state index contributed by atoms with van der Waals surface area (Å²) in [6, 6.07) is 0. The van der Waals surface area contributed by atoms with Gasteiger partial charge in [0.1, 0.15) is 6.10 Å². The number of carbonyl (C=O) groups is 1. The lowest BCUT2D eigenvalue weighted by atomic mass is 10.2. The number of halogens is 1. The van der Waals surface area contributed by atoms with Crippen LogP contribution in [0.1, 0.15) is 41.5 Å². The molecule has 144 valence electrons.